The summed E-state index contributed by atoms with van der Waals surface area (Å²) in [6.45, 7) is 1.14. The summed E-state index contributed by atoms with van der Waals surface area (Å²) >= 11 is 0. The predicted octanol–water partition coefficient (Wildman–Crippen LogP) is -0.517. The summed E-state index contributed by atoms with van der Waals surface area (Å²) in [5.41, 5.74) is 0. The van der Waals surface area contributed by atoms with Crippen LogP contribution >= 0.6 is 0 Å². The molecule has 2 N–H and O–H groups in total. The number of aliphatic carboxylic acids is 1. The van der Waals surface area contributed by atoms with E-state index in [1.165, 1.54) is 6.26 Å². The third-order valence-corrected chi connectivity index (χ3v) is 2.72. The van der Waals surface area contributed by atoms with Crippen molar-refractivity contribution in [3.05, 3.63) is 0 Å². The number of hydrogen-bond acceptors (Lipinski definition) is 3. The minimum absolute atomic E-state index is 0.0833. The fourth-order valence-corrected chi connectivity index (χ4v) is 1.96. The Bertz CT molecular complexity index is 351. The van der Waals surface area contributed by atoms with Crippen molar-refractivity contribution >= 4 is 22.8 Å². The van der Waals surface area contributed by atoms with E-state index in [0.717, 1.165) is 4.90 Å². The van der Waals surface area contributed by atoms with Crippen LogP contribution < -0.4 is 5.32 Å². The van der Waals surface area contributed by atoms with E-state index in [9.17, 15) is 13.8 Å². The number of carboxylic acid groups (broad SMARTS) is 1. The highest BCUT2D eigenvalue weighted by Gasteiger charge is 2.17. The van der Waals surface area contributed by atoms with Gasteiger partial charge in [0.05, 0.1) is 6.54 Å². The molecule has 0 spiro atoms. The van der Waals surface area contributed by atoms with Crippen molar-refractivity contribution in [1.29, 1.82) is 0 Å². The van der Waals surface area contributed by atoms with Crippen molar-refractivity contribution in [1.82, 2.24) is 10.2 Å². The van der Waals surface area contributed by atoms with Crippen molar-refractivity contribution < 1.29 is 18.9 Å². The molecular weight excluding hydrogens is 244 g/mol. The topological polar surface area (TPSA) is 86.7 Å². The van der Waals surface area contributed by atoms with Gasteiger partial charge in [-0.05, 0) is 6.92 Å². The molecule has 96 valence electrons. The van der Waals surface area contributed by atoms with Gasteiger partial charge in [0.25, 0.3) is 0 Å². The van der Waals surface area contributed by atoms with Gasteiger partial charge in [0, 0.05) is 28.9 Å². The third-order valence-electron chi connectivity index (χ3n) is 1.75. The summed E-state index contributed by atoms with van der Waals surface area (Å²) in [5, 5.41) is 11.1. The first-order valence-corrected chi connectivity index (χ1v) is 6.60. The Morgan fingerprint density at radius 2 is 2.18 bits per heavy atom. The van der Waals surface area contributed by atoms with Crippen LogP contribution in [0.4, 0.5) is 4.79 Å². The number of carboxylic acids is 1. The fraction of sp³-hybridized carbons (Fsp3) is 0.600. The van der Waals surface area contributed by atoms with Gasteiger partial charge in [0.2, 0.25) is 0 Å². The van der Waals surface area contributed by atoms with E-state index >= 15 is 0 Å². The average Bonchev–Trinajstić information content (AvgIpc) is 2.14. The van der Waals surface area contributed by atoms with Crippen molar-refractivity contribution in [2.24, 2.45) is 0 Å². The standard InChI is InChI=1S/C10H16N2O4S/c1-4-5-12(6-9(13)14)10(15)11-8(2)7-17(3)16/h1,8H,5-7H2,2-3H3,(H,11,15)(H,13,14). The second-order valence-electron chi connectivity index (χ2n) is 3.54. The molecule has 17 heavy (non-hydrogen) atoms. The molecular formula is C10H16N2O4S. The van der Waals surface area contributed by atoms with Gasteiger partial charge in [0.15, 0.2) is 0 Å². The van der Waals surface area contributed by atoms with Crippen LogP contribution in [0, 0.1) is 12.3 Å². The normalized spacial score (nSPS) is 13.2. The van der Waals surface area contributed by atoms with Crippen molar-refractivity contribution in [2.75, 3.05) is 25.1 Å². The Balaban J connectivity index is 4.37. The van der Waals surface area contributed by atoms with E-state index in [4.69, 9.17) is 11.5 Å². The maximum absolute atomic E-state index is 11.6. The number of amides is 2. The quantitative estimate of drug-likeness (QED) is 0.629. The van der Waals surface area contributed by atoms with E-state index in [1.54, 1.807) is 6.92 Å². The first-order chi connectivity index (χ1) is 7.86. The van der Waals surface area contributed by atoms with Crippen LogP contribution in [0.1, 0.15) is 6.92 Å². The number of hydrogen-bond donors (Lipinski definition) is 2. The first-order valence-electron chi connectivity index (χ1n) is 4.87. The largest absolute Gasteiger partial charge is 0.480 e. The molecule has 2 unspecified atom stereocenters. The molecule has 2 atom stereocenters. The van der Waals surface area contributed by atoms with Gasteiger partial charge < -0.3 is 15.3 Å². The summed E-state index contributed by atoms with van der Waals surface area (Å²) in [7, 11) is -1.03. The van der Waals surface area contributed by atoms with E-state index < -0.39 is 29.3 Å². The lowest BCUT2D eigenvalue weighted by Gasteiger charge is -2.21. The van der Waals surface area contributed by atoms with Gasteiger partial charge in [-0.2, -0.15) is 0 Å². The fourth-order valence-electron chi connectivity index (χ4n) is 1.17. The highest BCUT2D eigenvalue weighted by Crippen LogP contribution is 1.93. The third kappa shape index (κ3) is 7.36. The Labute approximate surface area is 103 Å². The molecule has 0 saturated heterocycles. The summed E-state index contributed by atoms with van der Waals surface area (Å²) in [4.78, 5) is 23.1. The number of carbonyl (C=O) groups excluding carboxylic acids is 1. The Hall–Kier alpha value is -1.55. The molecule has 0 bridgehead atoms. The lowest BCUT2D eigenvalue weighted by atomic mass is 10.4. The van der Waals surface area contributed by atoms with Crippen LogP contribution in [-0.2, 0) is 15.6 Å². The number of urea groups is 1. The van der Waals surface area contributed by atoms with E-state index in [-0.39, 0.29) is 12.6 Å². The lowest BCUT2D eigenvalue weighted by Crippen LogP contribution is -2.47. The lowest BCUT2D eigenvalue weighted by molar-refractivity contribution is -0.137. The Morgan fingerprint density at radius 3 is 2.59 bits per heavy atom. The minimum Gasteiger partial charge on any atom is -0.480 e. The molecule has 7 heteroatoms. The Morgan fingerprint density at radius 1 is 1.59 bits per heavy atom. The van der Waals surface area contributed by atoms with Gasteiger partial charge in [0.1, 0.15) is 6.54 Å². The van der Waals surface area contributed by atoms with E-state index in [1.807, 2.05) is 0 Å². The predicted molar refractivity (Wildman–Crippen MR) is 65.0 cm³/mol. The van der Waals surface area contributed by atoms with Crippen LogP contribution in [-0.4, -0.2) is 57.4 Å². The molecule has 6 nitrogen and oxygen atoms in total. The van der Waals surface area contributed by atoms with Gasteiger partial charge in [-0.1, -0.05) is 5.92 Å². The molecule has 0 aliphatic carbocycles. The molecule has 0 saturated carbocycles. The second kappa shape index (κ2) is 7.68. The zero-order valence-corrected chi connectivity index (χ0v) is 10.6. The average molecular weight is 260 g/mol. The van der Waals surface area contributed by atoms with Gasteiger partial charge in [-0.3, -0.25) is 9.00 Å². The van der Waals surface area contributed by atoms with E-state index in [2.05, 4.69) is 11.2 Å². The molecule has 0 fully saturated rings. The molecule has 2 amide bonds. The summed E-state index contributed by atoms with van der Waals surface area (Å²) in [5.74, 6) is 1.38. The van der Waals surface area contributed by atoms with Crippen molar-refractivity contribution in [3.63, 3.8) is 0 Å². The SMILES string of the molecule is C#CCN(CC(=O)O)C(=O)NC(C)CS(C)=O. The maximum Gasteiger partial charge on any atom is 0.323 e. The molecule has 0 radical (unpaired) electrons. The highest BCUT2D eigenvalue weighted by molar-refractivity contribution is 7.84. The number of terminal acetylenes is 1. The number of nitrogens with one attached hydrogen (secondary N) is 1. The van der Waals surface area contributed by atoms with Crippen LogP contribution in [0.15, 0.2) is 0 Å². The molecule has 0 heterocycles. The van der Waals surface area contributed by atoms with Crippen LogP contribution in [0.25, 0.3) is 0 Å². The molecule has 0 aliphatic rings. The first kappa shape index (κ1) is 15.5. The highest BCUT2D eigenvalue weighted by atomic mass is 32.2. The van der Waals surface area contributed by atoms with Gasteiger partial charge in [-0.15, -0.1) is 6.42 Å². The number of carbonyl (C=O) groups is 2. The molecule has 0 rings (SSSR count). The monoisotopic (exact) mass is 260 g/mol. The molecule has 0 aromatic carbocycles. The molecule has 0 aliphatic heterocycles. The van der Waals surface area contributed by atoms with Crippen LogP contribution in [0.5, 0.6) is 0 Å². The Kier molecular flexibility index (Phi) is 6.98. The second-order valence-corrected chi connectivity index (χ2v) is 5.02. The molecule has 0 aromatic rings. The number of nitrogens with zero attached hydrogens (tertiary/aromatic N) is 1. The number of rotatable bonds is 6. The zero-order valence-electron chi connectivity index (χ0n) is 9.80. The summed E-state index contributed by atoms with van der Waals surface area (Å²) < 4.78 is 10.9. The van der Waals surface area contributed by atoms with Crippen LogP contribution in [0.3, 0.4) is 0 Å². The molecule has 0 aromatic heterocycles. The van der Waals surface area contributed by atoms with E-state index in [0.29, 0.717) is 5.75 Å². The van der Waals surface area contributed by atoms with Gasteiger partial charge >= 0.3 is 12.0 Å². The van der Waals surface area contributed by atoms with Crippen molar-refractivity contribution in [3.8, 4) is 12.3 Å². The summed E-state index contributed by atoms with van der Waals surface area (Å²) in [6.07, 6.45) is 6.57. The smallest absolute Gasteiger partial charge is 0.323 e. The van der Waals surface area contributed by atoms with Crippen molar-refractivity contribution in [2.45, 2.75) is 13.0 Å². The minimum atomic E-state index is -1.14. The van der Waals surface area contributed by atoms with Crippen LogP contribution in [0.2, 0.25) is 0 Å². The summed E-state index contributed by atoms with van der Waals surface area (Å²) in [6, 6.07) is -0.870. The zero-order chi connectivity index (χ0) is 13.4. The maximum atomic E-state index is 11.6. The van der Waals surface area contributed by atoms with Gasteiger partial charge in [-0.25, -0.2) is 4.79 Å².